The van der Waals surface area contributed by atoms with Gasteiger partial charge in [-0.1, -0.05) is 46.9 Å². The molecule has 0 fully saturated rings. The number of ether oxygens (including phenoxy) is 1. The summed E-state index contributed by atoms with van der Waals surface area (Å²) in [7, 11) is 0. The van der Waals surface area contributed by atoms with Gasteiger partial charge in [0.2, 0.25) is 0 Å². The number of nitrogens with one attached hydrogen (secondary N) is 1. The smallest absolute Gasteiger partial charge is 0.347 e. The van der Waals surface area contributed by atoms with Gasteiger partial charge in [0.25, 0.3) is 0 Å². The number of hydrogen-bond acceptors (Lipinski definition) is 3. The third-order valence-electron chi connectivity index (χ3n) is 3.45. The molecule has 0 heterocycles. The Balaban J connectivity index is 2.65. The zero-order valence-electron chi connectivity index (χ0n) is 13.8. The molecule has 0 aliphatic carbocycles. The Labute approximate surface area is 164 Å². The molecular formula is C17H15Cl3N2O4. The average molecular weight is 418 g/mol. The minimum Gasteiger partial charge on any atom is -0.478 e. The summed E-state index contributed by atoms with van der Waals surface area (Å²) in [6.07, 6.45) is 0. The van der Waals surface area contributed by atoms with Crippen molar-refractivity contribution in [3.05, 3.63) is 45.4 Å². The highest BCUT2D eigenvalue weighted by Gasteiger charge is 2.31. The van der Waals surface area contributed by atoms with Crippen LogP contribution in [0.5, 0.6) is 5.75 Å². The zero-order valence-corrected chi connectivity index (χ0v) is 16.0. The number of carboxylic acid groups (broad SMARTS) is 1. The molecule has 2 rings (SSSR count). The van der Waals surface area contributed by atoms with Crippen molar-refractivity contribution in [3.63, 3.8) is 0 Å². The van der Waals surface area contributed by atoms with Crippen LogP contribution in [0.1, 0.15) is 13.8 Å². The Hall–Kier alpha value is -2.15. The van der Waals surface area contributed by atoms with Crippen LogP contribution in [0.25, 0.3) is 11.1 Å². The van der Waals surface area contributed by atoms with Crippen molar-refractivity contribution in [1.82, 2.24) is 0 Å². The minimum absolute atomic E-state index is 0.121. The molecule has 4 N–H and O–H groups in total. The van der Waals surface area contributed by atoms with Gasteiger partial charge in [0.15, 0.2) is 5.60 Å². The topological polar surface area (TPSA) is 102 Å². The molecule has 0 bridgehead atoms. The Kier molecular flexibility index (Phi) is 5.91. The highest BCUT2D eigenvalue weighted by Crippen LogP contribution is 2.41. The van der Waals surface area contributed by atoms with Crippen molar-refractivity contribution in [3.8, 4) is 16.9 Å². The van der Waals surface area contributed by atoms with E-state index < -0.39 is 17.6 Å². The number of rotatable bonds is 5. The quantitative estimate of drug-likeness (QED) is 0.593. The van der Waals surface area contributed by atoms with Crippen molar-refractivity contribution < 1.29 is 19.4 Å². The molecule has 138 valence electrons. The lowest BCUT2D eigenvalue weighted by Gasteiger charge is -2.24. The highest BCUT2D eigenvalue weighted by atomic mass is 35.5. The molecule has 26 heavy (non-hydrogen) atoms. The summed E-state index contributed by atoms with van der Waals surface area (Å²) in [6.45, 7) is 2.76. The zero-order chi connectivity index (χ0) is 19.6. The second kappa shape index (κ2) is 7.61. The van der Waals surface area contributed by atoms with Crippen molar-refractivity contribution in [2.24, 2.45) is 5.73 Å². The van der Waals surface area contributed by atoms with E-state index in [1.165, 1.54) is 19.9 Å². The van der Waals surface area contributed by atoms with Gasteiger partial charge in [0.1, 0.15) is 5.75 Å². The number of benzene rings is 2. The van der Waals surface area contributed by atoms with Crippen LogP contribution in [0.3, 0.4) is 0 Å². The second-order valence-electron chi connectivity index (χ2n) is 5.84. The number of para-hydroxylation sites is 1. The van der Waals surface area contributed by atoms with E-state index >= 15 is 0 Å². The largest absolute Gasteiger partial charge is 0.478 e. The molecule has 9 heteroatoms. The fourth-order valence-corrected chi connectivity index (χ4v) is 2.73. The van der Waals surface area contributed by atoms with Crippen LogP contribution in [0, 0.1) is 0 Å². The minimum atomic E-state index is -1.54. The number of carbonyl (C=O) groups is 2. The van der Waals surface area contributed by atoms with Gasteiger partial charge >= 0.3 is 12.0 Å². The summed E-state index contributed by atoms with van der Waals surface area (Å²) in [5, 5.41) is 12.4. The van der Waals surface area contributed by atoms with E-state index in [1.807, 2.05) is 0 Å². The monoisotopic (exact) mass is 416 g/mol. The van der Waals surface area contributed by atoms with Crippen molar-refractivity contribution in [1.29, 1.82) is 0 Å². The molecular weight excluding hydrogens is 403 g/mol. The summed E-state index contributed by atoms with van der Waals surface area (Å²) >= 11 is 18.1. The Bertz CT molecular complexity index is 861. The fraction of sp³-hybridized carbons (Fsp3) is 0.176. The molecule has 0 aliphatic rings. The Morgan fingerprint density at radius 2 is 1.73 bits per heavy atom. The van der Waals surface area contributed by atoms with Gasteiger partial charge in [-0.2, -0.15) is 0 Å². The van der Waals surface area contributed by atoms with E-state index in [4.69, 9.17) is 45.3 Å². The van der Waals surface area contributed by atoms with Crippen molar-refractivity contribution in [2.45, 2.75) is 19.4 Å². The van der Waals surface area contributed by atoms with Gasteiger partial charge in [-0.15, -0.1) is 0 Å². The van der Waals surface area contributed by atoms with Gasteiger partial charge in [0.05, 0.1) is 20.8 Å². The Morgan fingerprint density at radius 3 is 2.23 bits per heavy atom. The van der Waals surface area contributed by atoms with Gasteiger partial charge in [0, 0.05) is 5.56 Å². The molecule has 0 aromatic heterocycles. The standard InChI is InChI=1S/C17H15Cl3N2O4/c1-17(2,15(23)24)26-12-5-3-4-9(14(12)22-16(21)25)8-6-10(18)13(20)11(19)7-8/h3-7H,1-2H3,(H,23,24)(H3,21,22,25). The number of carboxylic acids is 1. The number of urea groups is 1. The predicted octanol–water partition coefficient (Wildman–Crippen LogP) is 5.05. The number of carbonyl (C=O) groups excluding carboxylic acids is 1. The number of nitrogens with two attached hydrogens (primary N) is 1. The number of halogens is 3. The summed E-state index contributed by atoms with van der Waals surface area (Å²) in [6, 6.07) is 7.08. The van der Waals surface area contributed by atoms with E-state index in [2.05, 4.69) is 5.32 Å². The van der Waals surface area contributed by atoms with E-state index in [-0.39, 0.29) is 26.5 Å². The number of aliphatic carboxylic acids is 1. The van der Waals surface area contributed by atoms with E-state index in [0.717, 1.165) is 0 Å². The summed E-state index contributed by atoms with van der Waals surface area (Å²) < 4.78 is 5.58. The maximum Gasteiger partial charge on any atom is 0.347 e. The molecule has 0 radical (unpaired) electrons. The van der Waals surface area contributed by atoms with Gasteiger partial charge in [-0.3, -0.25) is 0 Å². The second-order valence-corrected chi connectivity index (χ2v) is 7.03. The van der Waals surface area contributed by atoms with Gasteiger partial charge in [-0.25, -0.2) is 9.59 Å². The fourth-order valence-electron chi connectivity index (χ4n) is 2.14. The summed E-state index contributed by atoms with van der Waals surface area (Å²) in [5.74, 6) is -1.05. The van der Waals surface area contributed by atoms with Gasteiger partial charge < -0.3 is 20.9 Å². The number of amides is 2. The Morgan fingerprint density at radius 1 is 1.15 bits per heavy atom. The lowest BCUT2D eigenvalue weighted by molar-refractivity contribution is -0.152. The first kappa shape index (κ1) is 20.2. The van der Waals surface area contributed by atoms with Crippen LogP contribution in [-0.4, -0.2) is 22.7 Å². The first-order valence-electron chi connectivity index (χ1n) is 7.29. The van der Waals surface area contributed by atoms with Crippen molar-refractivity contribution >= 4 is 52.5 Å². The lowest BCUT2D eigenvalue weighted by Crippen LogP contribution is -2.38. The normalized spacial score (nSPS) is 11.1. The van der Waals surface area contributed by atoms with Crippen LogP contribution in [-0.2, 0) is 4.79 Å². The summed E-state index contributed by atoms with van der Waals surface area (Å²) in [4.78, 5) is 22.8. The van der Waals surface area contributed by atoms with Crippen LogP contribution in [0.2, 0.25) is 15.1 Å². The molecule has 0 saturated heterocycles. The van der Waals surface area contributed by atoms with Crippen LogP contribution in [0.15, 0.2) is 30.3 Å². The molecule has 2 aromatic carbocycles. The van der Waals surface area contributed by atoms with Crippen LogP contribution in [0.4, 0.5) is 10.5 Å². The number of hydrogen-bond donors (Lipinski definition) is 3. The molecule has 2 aromatic rings. The molecule has 0 aliphatic heterocycles. The van der Waals surface area contributed by atoms with E-state index in [0.29, 0.717) is 11.1 Å². The van der Waals surface area contributed by atoms with Crippen molar-refractivity contribution in [2.75, 3.05) is 5.32 Å². The van der Waals surface area contributed by atoms with Crippen LogP contribution < -0.4 is 15.8 Å². The SMILES string of the molecule is CC(C)(Oc1cccc(-c2cc(Cl)c(Cl)c(Cl)c2)c1NC(N)=O)C(=O)O. The predicted molar refractivity (Wildman–Crippen MR) is 102 cm³/mol. The maximum atomic E-state index is 11.5. The molecule has 0 saturated carbocycles. The van der Waals surface area contributed by atoms with E-state index in [1.54, 1.807) is 24.3 Å². The molecule has 0 unspecified atom stereocenters. The molecule has 6 nitrogen and oxygen atoms in total. The first-order chi connectivity index (χ1) is 12.0. The molecule has 0 atom stereocenters. The highest BCUT2D eigenvalue weighted by molar-refractivity contribution is 6.48. The third-order valence-corrected chi connectivity index (χ3v) is 4.65. The maximum absolute atomic E-state index is 11.5. The number of primary amides is 1. The van der Waals surface area contributed by atoms with Gasteiger partial charge in [-0.05, 0) is 37.6 Å². The number of anilines is 1. The summed E-state index contributed by atoms with van der Waals surface area (Å²) in [5.41, 5.74) is 4.91. The molecule has 0 spiro atoms. The average Bonchev–Trinajstić information content (AvgIpc) is 2.53. The van der Waals surface area contributed by atoms with Crippen LogP contribution >= 0.6 is 34.8 Å². The lowest BCUT2D eigenvalue weighted by atomic mass is 10.0. The third kappa shape index (κ3) is 4.33. The molecule has 2 amide bonds. The van der Waals surface area contributed by atoms with E-state index in [9.17, 15) is 14.7 Å². The first-order valence-corrected chi connectivity index (χ1v) is 8.43.